The minimum Gasteiger partial charge on any atom is -0.497 e. The second kappa shape index (κ2) is 8.44. The van der Waals surface area contributed by atoms with E-state index >= 15 is 0 Å². The smallest absolute Gasteiger partial charge is 0.231 e. The Morgan fingerprint density at radius 2 is 1.78 bits per heavy atom. The Balaban J connectivity index is 1.88. The molecule has 5 heteroatoms. The molecule has 1 amide bonds. The third-order valence-corrected chi connectivity index (χ3v) is 5.36. The van der Waals surface area contributed by atoms with Gasteiger partial charge < -0.3 is 19.5 Å². The van der Waals surface area contributed by atoms with Gasteiger partial charge in [0.05, 0.1) is 25.7 Å². The van der Waals surface area contributed by atoms with Crippen LogP contribution in [0.2, 0.25) is 0 Å². The van der Waals surface area contributed by atoms with Crippen LogP contribution in [-0.2, 0) is 14.9 Å². The van der Waals surface area contributed by atoms with Gasteiger partial charge in [-0.15, -0.1) is 0 Å². The van der Waals surface area contributed by atoms with E-state index in [0.717, 1.165) is 22.6 Å². The van der Waals surface area contributed by atoms with Gasteiger partial charge in [0.1, 0.15) is 11.5 Å². The van der Waals surface area contributed by atoms with Gasteiger partial charge in [0.15, 0.2) is 0 Å². The normalized spacial score (nSPS) is 17.0. The molecule has 1 aliphatic heterocycles. The molecular weight excluding hydrogens is 342 g/mol. The number of amides is 1. The topological polar surface area (TPSA) is 56.8 Å². The lowest BCUT2D eigenvalue weighted by Gasteiger charge is -2.37. The fraction of sp³-hybridized carbons (Fsp3) is 0.409. The van der Waals surface area contributed by atoms with Crippen molar-refractivity contribution in [2.45, 2.75) is 31.2 Å². The summed E-state index contributed by atoms with van der Waals surface area (Å²) in [5.41, 5.74) is 1.36. The Labute approximate surface area is 160 Å². The predicted octanol–water partition coefficient (Wildman–Crippen LogP) is 3.63. The van der Waals surface area contributed by atoms with E-state index in [9.17, 15) is 4.79 Å². The number of nitrogens with one attached hydrogen (secondary N) is 1. The first kappa shape index (κ1) is 19.2. The number of hydrogen-bond acceptors (Lipinski definition) is 4. The first-order valence-electron chi connectivity index (χ1n) is 9.27. The zero-order valence-corrected chi connectivity index (χ0v) is 16.2. The standard InChI is InChI=1S/C22H27NO4/c1-16(19-15-18(25-2)9-10-20(19)26-3)23-21(24)22(11-13-27-14-12-22)17-7-5-4-6-8-17/h4-10,15-16H,11-14H2,1-3H3,(H,23,24). The van der Waals surface area contributed by atoms with Gasteiger partial charge in [-0.2, -0.15) is 0 Å². The molecule has 1 unspecified atom stereocenters. The van der Waals surface area contributed by atoms with Crippen molar-refractivity contribution in [3.8, 4) is 11.5 Å². The third kappa shape index (κ3) is 3.93. The van der Waals surface area contributed by atoms with Crippen molar-refractivity contribution in [2.24, 2.45) is 0 Å². The summed E-state index contributed by atoms with van der Waals surface area (Å²) in [6.45, 7) is 3.13. The number of hydrogen-bond donors (Lipinski definition) is 1. The van der Waals surface area contributed by atoms with Gasteiger partial charge in [0.2, 0.25) is 5.91 Å². The molecule has 0 aromatic heterocycles. The predicted molar refractivity (Wildman–Crippen MR) is 104 cm³/mol. The number of benzene rings is 2. The summed E-state index contributed by atoms with van der Waals surface area (Å²) in [6, 6.07) is 15.4. The lowest BCUT2D eigenvalue weighted by Crippen LogP contribution is -2.48. The van der Waals surface area contributed by atoms with Crippen LogP contribution in [0, 0.1) is 0 Å². The highest BCUT2D eigenvalue weighted by Gasteiger charge is 2.42. The first-order valence-corrected chi connectivity index (χ1v) is 9.27. The van der Waals surface area contributed by atoms with Crippen LogP contribution in [0.3, 0.4) is 0 Å². The Morgan fingerprint density at radius 1 is 1.07 bits per heavy atom. The summed E-state index contributed by atoms with van der Waals surface area (Å²) in [5, 5.41) is 3.20. The Bertz CT molecular complexity index is 769. The van der Waals surface area contributed by atoms with Gasteiger partial charge in [0.25, 0.3) is 0 Å². The maximum Gasteiger partial charge on any atom is 0.231 e. The summed E-state index contributed by atoms with van der Waals surface area (Å²) in [7, 11) is 3.26. The monoisotopic (exact) mass is 369 g/mol. The maximum atomic E-state index is 13.4. The fourth-order valence-electron chi connectivity index (χ4n) is 3.71. The molecule has 144 valence electrons. The van der Waals surface area contributed by atoms with Gasteiger partial charge >= 0.3 is 0 Å². The van der Waals surface area contributed by atoms with E-state index in [-0.39, 0.29) is 11.9 Å². The number of carbonyl (C=O) groups is 1. The van der Waals surface area contributed by atoms with E-state index < -0.39 is 5.41 Å². The largest absolute Gasteiger partial charge is 0.497 e. The maximum absolute atomic E-state index is 13.4. The lowest BCUT2D eigenvalue weighted by molar-refractivity contribution is -0.131. The number of rotatable bonds is 6. The van der Waals surface area contributed by atoms with Crippen LogP contribution >= 0.6 is 0 Å². The Morgan fingerprint density at radius 3 is 2.41 bits per heavy atom. The zero-order valence-electron chi connectivity index (χ0n) is 16.2. The van der Waals surface area contributed by atoms with Crippen LogP contribution in [0.25, 0.3) is 0 Å². The average molecular weight is 369 g/mol. The molecule has 5 nitrogen and oxygen atoms in total. The fourth-order valence-corrected chi connectivity index (χ4v) is 3.71. The van der Waals surface area contributed by atoms with Crippen molar-refractivity contribution in [3.63, 3.8) is 0 Å². The molecule has 0 saturated carbocycles. The van der Waals surface area contributed by atoms with E-state index in [2.05, 4.69) is 5.32 Å². The van der Waals surface area contributed by atoms with Crippen molar-refractivity contribution in [1.82, 2.24) is 5.32 Å². The van der Waals surface area contributed by atoms with E-state index in [1.807, 2.05) is 55.5 Å². The highest BCUT2D eigenvalue weighted by atomic mass is 16.5. The number of carbonyl (C=O) groups excluding carboxylic acids is 1. The van der Waals surface area contributed by atoms with Crippen LogP contribution in [0.15, 0.2) is 48.5 Å². The van der Waals surface area contributed by atoms with Crippen LogP contribution in [0.1, 0.15) is 36.9 Å². The Hall–Kier alpha value is -2.53. The molecule has 1 atom stereocenters. The third-order valence-electron chi connectivity index (χ3n) is 5.36. The molecular formula is C22H27NO4. The minimum absolute atomic E-state index is 0.0226. The molecule has 2 aromatic carbocycles. The van der Waals surface area contributed by atoms with Crippen LogP contribution in [0.5, 0.6) is 11.5 Å². The molecule has 0 spiro atoms. The summed E-state index contributed by atoms with van der Waals surface area (Å²) in [5.74, 6) is 1.48. The van der Waals surface area contributed by atoms with Crippen molar-refractivity contribution in [3.05, 3.63) is 59.7 Å². The van der Waals surface area contributed by atoms with Crippen LogP contribution in [-0.4, -0.2) is 33.3 Å². The molecule has 0 radical (unpaired) electrons. The van der Waals surface area contributed by atoms with Crippen LogP contribution < -0.4 is 14.8 Å². The van der Waals surface area contributed by atoms with Crippen molar-refractivity contribution in [2.75, 3.05) is 27.4 Å². The molecule has 1 aliphatic rings. The molecule has 1 fully saturated rings. The molecule has 0 bridgehead atoms. The molecule has 2 aromatic rings. The zero-order chi connectivity index (χ0) is 19.3. The van der Waals surface area contributed by atoms with Crippen LogP contribution in [0.4, 0.5) is 0 Å². The van der Waals surface area contributed by atoms with Crippen molar-refractivity contribution < 1.29 is 19.0 Å². The second-order valence-electron chi connectivity index (χ2n) is 6.86. The molecule has 3 rings (SSSR count). The quantitative estimate of drug-likeness (QED) is 0.845. The number of methoxy groups -OCH3 is 2. The first-order chi connectivity index (χ1) is 13.1. The van der Waals surface area contributed by atoms with E-state index in [1.54, 1.807) is 14.2 Å². The van der Waals surface area contributed by atoms with E-state index in [1.165, 1.54) is 0 Å². The van der Waals surface area contributed by atoms with E-state index in [4.69, 9.17) is 14.2 Å². The Kier molecular flexibility index (Phi) is 6.01. The van der Waals surface area contributed by atoms with Gasteiger partial charge in [-0.1, -0.05) is 30.3 Å². The van der Waals surface area contributed by atoms with Gasteiger partial charge in [0, 0.05) is 18.8 Å². The molecule has 1 heterocycles. The van der Waals surface area contributed by atoms with Crippen molar-refractivity contribution >= 4 is 5.91 Å². The molecule has 0 aliphatic carbocycles. The minimum atomic E-state index is -0.570. The second-order valence-corrected chi connectivity index (χ2v) is 6.86. The highest BCUT2D eigenvalue weighted by molar-refractivity contribution is 5.88. The highest BCUT2D eigenvalue weighted by Crippen LogP contribution is 2.36. The summed E-state index contributed by atoms with van der Waals surface area (Å²) < 4.78 is 16.3. The van der Waals surface area contributed by atoms with E-state index in [0.29, 0.717) is 26.1 Å². The van der Waals surface area contributed by atoms with Gasteiger partial charge in [-0.25, -0.2) is 0 Å². The van der Waals surface area contributed by atoms with Crippen molar-refractivity contribution in [1.29, 1.82) is 0 Å². The summed E-state index contributed by atoms with van der Waals surface area (Å²) in [4.78, 5) is 13.4. The summed E-state index contributed by atoms with van der Waals surface area (Å²) >= 11 is 0. The van der Waals surface area contributed by atoms with Gasteiger partial charge in [-0.05, 0) is 43.5 Å². The molecule has 1 saturated heterocycles. The van der Waals surface area contributed by atoms with Gasteiger partial charge in [-0.3, -0.25) is 4.79 Å². The average Bonchev–Trinajstić information content (AvgIpc) is 2.74. The summed E-state index contributed by atoms with van der Waals surface area (Å²) in [6.07, 6.45) is 1.34. The molecule has 1 N–H and O–H groups in total. The SMILES string of the molecule is COc1ccc(OC)c(C(C)NC(=O)C2(c3ccccc3)CCOCC2)c1. The number of ether oxygens (including phenoxy) is 3. The lowest BCUT2D eigenvalue weighted by atomic mass is 9.73. The molecule has 27 heavy (non-hydrogen) atoms.